The SMILES string of the molecule is CCOC(=O)C(N=O)c1ccc(Oc2ccccc2)cc1. The number of nitroso groups, excluding NO2 is 1. The van der Waals surface area contributed by atoms with Crippen molar-refractivity contribution in [2.45, 2.75) is 13.0 Å². The minimum absolute atomic E-state index is 0.208. The number of para-hydroxylation sites is 1. The van der Waals surface area contributed by atoms with Crippen molar-refractivity contribution in [3.05, 3.63) is 65.1 Å². The summed E-state index contributed by atoms with van der Waals surface area (Å²) in [5.74, 6) is 0.670. The van der Waals surface area contributed by atoms with Gasteiger partial charge in [0, 0.05) is 0 Å². The summed E-state index contributed by atoms with van der Waals surface area (Å²) in [6, 6.07) is 14.8. The number of hydrogen-bond donors (Lipinski definition) is 0. The topological polar surface area (TPSA) is 65.0 Å². The van der Waals surface area contributed by atoms with E-state index in [1.807, 2.05) is 30.3 Å². The first kappa shape index (κ1) is 14.7. The molecule has 0 bridgehead atoms. The highest BCUT2D eigenvalue weighted by atomic mass is 16.5. The summed E-state index contributed by atoms with van der Waals surface area (Å²) in [5, 5.41) is 2.83. The third-order valence-electron chi connectivity index (χ3n) is 2.79. The summed E-state index contributed by atoms with van der Waals surface area (Å²) < 4.78 is 10.4. The van der Waals surface area contributed by atoms with Crippen LogP contribution in [0.15, 0.2) is 59.8 Å². The standard InChI is InChI=1S/C16H15NO4/c1-2-20-16(18)15(17-19)12-8-10-14(11-9-12)21-13-6-4-3-5-7-13/h3-11,15H,2H2,1H3. The molecule has 0 N–H and O–H groups in total. The van der Waals surface area contributed by atoms with Crippen LogP contribution in [-0.2, 0) is 9.53 Å². The van der Waals surface area contributed by atoms with Crippen LogP contribution in [0.25, 0.3) is 0 Å². The molecule has 2 aromatic rings. The molecule has 0 aromatic heterocycles. The maximum atomic E-state index is 11.6. The summed E-state index contributed by atoms with van der Waals surface area (Å²) in [6.45, 7) is 1.89. The number of hydrogen-bond acceptors (Lipinski definition) is 5. The molecule has 1 unspecified atom stereocenters. The molecule has 0 saturated carbocycles. The lowest BCUT2D eigenvalue weighted by molar-refractivity contribution is -0.144. The molecule has 0 aliphatic rings. The van der Waals surface area contributed by atoms with Gasteiger partial charge in [-0.15, -0.1) is 4.91 Å². The number of rotatable bonds is 6. The molecule has 0 spiro atoms. The zero-order chi connectivity index (χ0) is 15.1. The van der Waals surface area contributed by atoms with Gasteiger partial charge in [-0.25, -0.2) is 4.79 Å². The zero-order valence-corrected chi connectivity index (χ0v) is 11.6. The fourth-order valence-corrected chi connectivity index (χ4v) is 1.80. The van der Waals surface area contributed by atoms with Crippen molar-refractivity contribution >= 4 is 5.97 Å². The lowest BCUT2D eigenvalue weighted by Gasteiger charge is -2.10. The van der Waals surface area contributed by atoms with Gasteiger partial charge >= 0.3 is 5.97 Å². The Labute approximate surface area is 122 Å². The average molecular weight is 285 g/mol. The fraction of sp³-hybridized carbons (Fsp3) is 0.188. The van der Waals surface area contributed by atoms with E-state index in [9.17, 15) is 9.70 Å². The second-order valence-electron chi connectivity index (χ2n) is 4.24. The van der Waals surface area contributed by atoms with E-state index in [1.165, 1.54) is 0 Å². The Balaban J connectivity index is 2.10. The Morgan fingerprint density at radius 3 is 2.24 bits per heavy atom. The van der Waals surface area contributed by atoms with Gasteiger partial charge < -0.3 is 9.47 Å². The Kier molecular flexibility index (Phi) is 5.04. The minimum atomic E-state index is -1.14. The molecular weight excluding hydrogens is 270 g/mol. The van der Waals surface area contributed by atoms with E-state index in [2.05, 4.69) is 5.18 Å². The van der Waals surface area contributed by atoms with Crippen LogP contribution in [0.1, 0.15) is 18.5 Å². The van der Waals surface area contributed by atoms with Gasteiger partial charge in [-0.05, 0) is 41.9 Å². The van der Waals surface area contributed by atoms with Crippen molar-refractivity contribution < 1.29 is 14.3 Å². The van der Waals surface area contributed by atoms with Crippen LogP contribution >= 0.6 is 0 Å². The molecule has 0 amide bonds. The molecule has 0 heterocycles. The maximum absolute atomic E-state index is 11.6. The molecule has 5 nitrogen and oxygen atoms in total. The number of ether oxygens (including phenoxy) is 2. The van der Waals surface area contributed by atoms with Crippen LogP contribution in [0, 0.1) is 4.91 Å². The lowest BCUT2D eigenvalue weighted by atomic mass is 10.1. The van der Waals surface area contributed by atoms with Crippen molar-refractivity contribution in [1.29, 1.82) is 0 Å². The number of nitrogens with zero attached hydrogens (tertiary/aromatic N) is 1. The van der Waals surface area contributed by atoms with E-state index < -0.39 is 12.0 Å². The minimum Gasteiger partial charge on any atom is -0.464 e. The summed E-state index contributed by atoms with van der Waals surface area (Å²) >= 11 is 0. The molecule has 5 heteroatoms. The molecule has 0 aliphatic heterocycles. The molecule has 1 atom stereocenters. The highest BCUT2D eigenvalue weighted by Gasteiger charge is 2.22. The van der Waals surface area contributed by atoms with Crippen molar-refractivity contribution in [2.24, 2.45) is 5.18 Å². The summed E-state index contributed by atoms with van der Waals surface area (Å²) in [4.78, 5) is 22.4. The average Bonchev–Trinajstić information content (AvgIpc) is 2.51. The highest BCUT2D eigenvalue weighted by Crippen LogP contribution is 2.25. The van der Waals surface area contributed by atoms with Crippen LogP contribution in [0.3, 0.4) is 0 Å². The van der Waals surface area contributed by atoms with Gasteiger partial charge in [0.25, 0.3) is 0 Å². The lowest BCUT2D eigenvalue weighted by Crippen LogP contribution is -2.13. The van der Waals surface area contributed by atoms with Gasteiger partial charge in [-0.3, -0.25) is 0 Å². The van der Waals surface area contributed by atoms with E-state index in [4.69, 9.17) is 9.47 Å². The fourth-order valence-electron chi connectivity index (χ4n) is 1.80. The van der Waals surface area contributed by atoms with E-state index >= 15 is 0 Å². The molecule has 0 aliphatic carbocycles. The van der Waals surface area contributed by atoms with Crippen molar-refractivity contribution in [3.8, 4) is 11.5 Å². The smallest absolute Gasteiger partial charge is 0.339 e. The quantitative estimate of drug-likeness (QED) is 0.597. The molecule has 2 aromatic carbocycles. The first-order valence-electron chi connectivity index (χ1n) is 6.56. The number of carbonyl (C=O) groups excluding carboxylic acids is 1. The second-order valence-corrected chi connectivity index (χ2v) is 4.24. The zero-order valence-electron chi connectivity index (χ0n) is 11.6. The summed E-state index contributed by atoms with van der Waals surface area (Å²) in [7, 11) is 0. The molecule has 21 heavy (non-hydrogen) atoms. The Morgan fingerprint density at radius 1 is 1.05 bits per heavy atom. The van der Waals surface area contributed by atoms with Crippen molar-refractivity contribution in [1.82, 2.24) is 0 Å². The van der Waals surface area contributed by atoms with Crippen LogP contribution in [0.2, 0.25) is 0 Å². The summed E-state index contributed by atoms with van der Waals surface area (Å²) in [5.41, 5.74) is 0.476. The summed E-state index contributed by atoms with van der Waals surface area (Å²) in [6.07, 6.45) is 0. The molecule has 0 radical (unpaired) electrons. The normalized spacial score (nSPS) is 11.5. The van der Waals surface area contributed by atoms with Gasteiger partial charge in [-0.2, -0.15) is 0 Å². The molecule has 108 valence electrons. The van der Waals surface area contributed by atoms with Crippen molar-refractivity contribution in [3.63, 3.8) is 0 Å². The Bertz CT molecular complexity index is 595. The predicted octanol–water partition coefficient (Wildman–Crippen LogP) is 3.85. The Hall–Kier alpha value is -2.69. The molecule has 2 rings (SSSR count). The van der Waals surface area contributed by atoms with Gasteiger partial charge in [0.05, 0.1) is 6.61 Å². The van der Waals surface area contributed by atoms with Gasteiger partial charge in [0.2, 0.25) is 6.04 Å². The monoisotopic (exact) mass is 285 g/mol. The third-order valence-corrected chi connectivity index (χ3v) is 2.79. The van der Waals surface area contributed by atoms with Crippen LogP contribution in [-0.4, -0.2) is 12.6 Å². The maximum Gasteiger partial charge on any atom is 0.339 e. The predicted molar refractivity (Wildman–Crippen MR) is 78.1 cm³/mol. The van der Waals surface area contributed by atoms with E-state index in [-0.39, 0.29) is 6.61 Å². The molecule has 0 saturated heterocycles. The third kappa shape index (κ3) is 3.89. The van der Waals surface area contributed by atoms with Crippen LogP contribution in [0.4, 0.5) is 0 Å². The van der Waals surface area contributed by atoms with Crippen LogP contribution < -0.4 is 4.74 Å². The van der Waals surface area contributed by atoms with Gasteiger partial charge in [0.15, 0.2) is 0 Å². The van der Waals surface area contributed by atoms with Crippen molar-refractivity contribution in [2.75, 3.05) is 6.61 Å². The molecule has 0 fully saturated rings. The van der Waals surface area contributed by atoms with E-state index in [0.29, 0.717) is 17.1 Å². The van der Waals surface area contributed by atoms with E-state index in [1.54, 1.807) is 31.2 Å². The highest BCUT2D eigenvalue weighted by molar-refractivity contribution is 5.77. The van der Waals surface area contributed by atoms with Gasteiger partial charge in [-0.1, -0.05) is 30.3 Å². The van der Waals surface area contributed by atoms with Gasteiger partial charge in [0.1, 0.15) is 11.5 Å². The first-order valence-corrected chi connectivity index (χ1v) is 6.56. The molecular formula is C16H15NO4. The number of esters is 1. The largest absolute Gasteiger partial charge is 0.464 e. The van der Waals surface area contributed by atoms with E-state index in [0.717, 1.165) is 0 Å². The number of benzene rings is 2. The first-order chi connectivity index (χ1) is 10.2. The Morgan fingerprint density at radius 2 is 1.67 bits per heavy atom. The second kappa shape index (κ2) is 7.19. The number of carbonyl (C=O) groups is 1. The van der Waals surface area contributed by atoms with Crippen LogP contribution in [0.5, 0.6) is 11.5 Å².